The highest BCUT2D eigenvalue weighted by Gasteiger charge is 2.23. The first kappa shape index (κ1) is 15.7. The number of nitrogens with one attached hydrogen (secondary N) is 1. The molecule has 2 rings (SSSR count). The number of hydrogen-bond donors (Lipinski definition) is 1. The van der Waals surface area contributed by atoms with E-state index in [0.717, 1.165) is 11.1 Å². The molecule has 0 saturated heterocycles. The van der Waals surface area contributed by atoms with E-state index in [1.807, 2.05) is 51.1 Å². The van der Waals surface area contributed by atoms with E-state index in [0.29, 0.717) is 11.4 Å². The molecule has 0 fully saturated rings. The molecule has 0 bridgehead atoms. The van der Waals surface area contributed by atoms with Crippen molar-refractivity contribution in [2.24, 2.45) is 0 Å². The molecular weight excluding hydrogens is 282 g/mol. The van der Waals surface area contributed by atoms with Crippen LogP contribution in [0.3, 0.4) is 0 Å². The second-order valence-electron chi connectivity index (χ2n) is 5.89. The second kappa shape index (κ2) is 6.00. The molecule has 4 heteroatoms. The van der Waals surface area contributed by atoms with Gasteiger partial charge in [-0.3, -0.25) is 0 Å². The molecule has 0 saturated carbocycles. The Morgan fingerprint density at radius 1 is 0.952 bits per heavy atom. The van der Waals surface area contributed by atoms with Crippen LogP contribution < -0.4 is 4.72 Å². The summed E-state index contributed by atoms with van der Waals surface area (Å²) in [4.78, 5) is 0.303. The summed E-state index contributed by atoms with van der Waals surface area (Å²) in [6.45, 7) is 6.34. The fourth-order valence-electron chi connectivity index (χ4n) is 2.07. The molecule has 0 aromatic heterocycles. The summed E-state index contributed by atoms with van der Waals surface area (Å²) < 4.78 is 27.3. The van der Waals surface area contributed by atoms with Gasteiger partial charge >= 0.3 is 0 Å². The SMILES string of the molecule is Cc1ccc(S(=O)(=O)NCC(C)(C)c2ccccc2)cc1. The topological polar surface area (TPSA) is 46.2 Å². The number of sulfonamides is 1. The highest BCUT2D eigenvalue weighted by atomic mass is 32.2. The maximum Gasteiger partial charge on any atom is 0.240 e. The van der Waals surface area contributed by atoms with Crippen molar-refractivity contribution in [2.75, 3.05) is 6.54 Å². The average Bonchev–Trinajstić information content (AvgIpc) is 2.47. The van der Waals surface area contributed by atoms with Crippen LogP contribution in [0.15, 0.2) is 59.5 Å². The van der Waals surface area contributed by atoms with E-state index in [2.05, 4.69) is 4.72 Å². The first-order chi connectivity index (χ1) is 9.81. The van der Waals surface area contributed by atoms with Crippen molar-refractivity contribution in [3.8, 4) is 0 Å². The van der Waals surface area contributed by atoms with Gasteiger partial charge in [0.15, 0.2) is 0 Å². The van der Waals surface area contributed by atoms with Crippen LogP contribution in [0.25, 0.3) is 0 Å². The summed E-state index contributed by atoms with van der Waals surface area (Å²) in [7, 11) is -3.47. The Morgan fingerprint density at radius 2 is 1.52 bits per heavy atom. The molecular formula is C17H21NO2S. The Labute approximate surface area is 127 Å². The molecule has 2 aromatic carbocycles. The van der Waals surface area contributed by atoms with Gasteiger partial charge < -0.3 is 0 Å². The van der Waals surface area contributed by atoms with Crippen LogP contribution in [0.4, 0.5) is 0 Å². The highest BCUT2D eigenvalue weighted by molar-refractivity contribution is 7.89. The van der Waals surface area contributed by atoms with Gasteiger partial charge in [0.05, 0.1) is 4.90 Å². The quantitative estimate of drug-likeness (QED) is 0.921. The van der Waals surface area contributed by atoms with Crippen molar-refractivity contribution in [1.82, 2.24) is 4.72 Å². The zero-order valence-electron chi connectivity index (χ0n) is 12.6. The van der Waals surface area contributed by atoms with Gasteiger partial charge in [-0.15, -0.1) is 0 Å². The van der Waals surface area contributed by atoms with Gasteiger partial charge in [-0.1, -0.05) is 61.9 Å². The average molecular weight is 303 g/mol. The molecule has 0 aliphatic heterocycles. The third-order valence-corrected chi connectivity index (χ3v) is 5.01. The number of benzene rings is 2. The summed E-state index contributed by atoms with van der Waals surface area (Å²) in [6, 6.07) is 16.8. The van der Waals surface area contributed by atoms with E-state index in [1.165, 1.54) is 0 Å². The monoisotopic (exact) mass is 303 g/mol. The summed E-state index contributed by atoms with van der Waals surface area (Å²) in [6.07, 6.45) is 0. The predicted molar refractivity (Wildman–Crippen MR) is 85.8 cm³/mol. The van der Waals surface area contributed by atoms with E-state index in [1.54, 1.807) is 24.3 Å². The third kappa shape index (κ3) is 3.93. The molecule has 112 valence electrons. The van der Waals surface area contributed by atoms with Crippen molar-refractivity contribution >= 4 is 10.0 Å². The molecule has 0 aliphatic carbocycles. The Morgan fingerprint density at radius 3 is 2.10 bits per heavy atom. The van der Waals surface area contributed by atoms with E-state index >= 15 is 0 Å². The molecule has 21 heavy (non-hydrogen) atoms. The minimum atomic E-state index is -3.47. The lowest BCUT2D eigenvalue weighted by Gasteiger charge is -2.25. The zero-order valence-corrected chi connectivity index (χ0v) is 13.4. The van der Waals surface area contributed by atoms with Crippen LogP contribution in [0.2, 0.25) is 0 Å². The molecule has 0 amide bonds. The lowest BCUT2D eigenvalue weighted by Crippen LogP contribution is -2.36. The van der Waals surface area contributed by atoms with E-state index in [4.69, 9.17) is 0 Å². The van der Waals surface area contributed by atoms with Gasteiger partial charge in [0, 0.05) is 12.0 Å². The standard InChI is InChI=1S/C17H21NO2S/c1-14-9-11-16(12-10-14)21(19,20)18-13-17(2,3)15-7-5-4-6-8-15/h4-12,18H,13H2,1-3H3. The van der Waals surface area contributed by atoms with Crippen LogP contribution in [0.1, 0.15) is 25.0 Å². The predicted octanol–water partition coefficient (Wildman–Crippen LogP) is 3.25. The largest absolute Gasteiger partial charge is 0.240 e. The van der Waals surface area contributed by atoms with Crippen molar-refractivity contribution in [1.29, 1.82) is 0 Å². The van der Waals surface area contributed by atoms with Gasteiger partial charge in [0.25, 0.3) is 0 Å². The van der Waals surface area contributed by atoms with E-state index in [-0.39, 0.29) is 5.41 Å². The van der Waals surface area contributed by atoms with Gasteiger partial charge in [0.2, 0.25) is 10.0 Å². The second-order valence-corrected chi connectivity index (χ2v) is 7.65. The number of hydrogen-bond acceptors (Lipinski definition) is 2. The molecule has 0 heterocycles. The Hall–Kier alpha value is -1.65. The molecule has 0 spiro atoms. The lowest BCUT2D eigenvalue weighted by atomic mass is 9.85. The Bertz CT molecular complexity index is 689. The Balaban J connectivity index is 2.13. The molecule has 0 atom stereocenters. The van der Waals surface area contributed by atoms with Crippen molar-refractivity contribution in [2.45, 2.75) is 31.1 Å². The fraction of sp³-hybridized carbons (Fsp3) is 0.294. The number of rotatable bonds is 5. The molecule has 1 N–H and O–H groups in total. The molecule has 0 unspecified atom stereocenters. The van der Waals surface area contributed by atoms with E-state index in [9.17, 15) is 8.42 Å². The summed E-state index contributed by atoms with van der Waals surface area (Å²) in [5.41, 5.74) is 1.88. The van der Waals surface area contributed by atoms with Crippen LogP contribution in [-0.4, -0.2) is 15.0 Å². The summed E-state index contributed by atoms with van der Waals surface area (Å²) in [5, 5.41) is 0. The first-order valence-corrected chi connectivity index (χ1v) is 8.41. The minimum absolute atomic E-state index is 0.265. The number of aryl methyl sites for hydroxylation is 1. The maximum absolute atomic E-state index is 12.3. The van der Waals surface area contributed by atoms with Crippen LogP contribution in [-0.2, 0) is 15.4 Å². The normalized spacial score (nSPS) is 12.3. The van der Waals surface area contributed by atoms with Crippen molar-refractivity contribution in [3.63, 3.8) is 0 Å². The fourth-order valence-corrected chi connectivity index (χ4v) is 3.28. The van der Waals surface area contributed by atoms with Crippen LogP contribution >= 0.6 is 0 Å². The molecule has 0 aliphatic rings. The zero-order chi connectivity index (χ0) is 15.5. The van der Waals surface area contributed by atoms with Gasteiger partial charge in [-0.2, -0.15) is 0 Å². The molecule has 2 aromatic rings. The summed E-state index contributed by atoms with van der Waals surface area (Å²) >= 11 is 0. The van der Waals surface area contributed by atoms with Crippen molar-refractivity contribution in [3.05, 3.63) is 65.7 Å². The highest BCUT2D eigenvalue weighted by Crippen LogP contribution is 2.22. The van der Waals surface area contributed by atoms with Gasteiger partial charge in [0.1, 0.15) is 0 Å². The first-order valence-electron chi connectivity index (χ1n) is 6.93. The van der Waals surface area contributed by atoms with E-state index < -0.39 is 10.0 Å². The summed E-state index contributed by atoms with van der Waals surface area (Å²) in [5.74, 6) is 0. The molecule has 3 nitrogen and oxygen atoms in total. The van der Waals surface area contributed by atoms with Crippen LogP contribution in [0, 0.1) is 6.92 Å². The lowest BCUT2D eigenvalue weighted by molar-refractivity contribution is 0.501. The van der Waals surface area contributed by atoms with Crippen LogP contribution in [0.5, 0.6) is 0 Å². The maximum atomic E-state index is 12.3. The third-order valence-electron chi connectivity index (χ3n) is 3.59. The Kier molecular flexibility index (Phi) is 4.49. The smallest absolute Gasteiger partial charge is 0.210 e. The van der Waals surface area contributed by atoms with Crippen molar-refractivity contribution < 1.29 is 8.42 Å². The van der Waals surface area contributed by atoms with Gasteiger partial charge in [-0.05, 0) is 24.6 Å². The van der Waals surface area contributed by atoms with Gasteiger partial charge in [-0.25, -0.2) is 13.1 Å². The molecule has 0 radical (unpaired) electrons. The minimum Gasteiger partial charge on any atom is -0.210 e.